The number of rotatable bonds is 9. The van der Waals surface area contributed by atoms with Gasteiger partial charge < -0.3 is 25.0 Å². The van der Waals surface area contributed by atoms with Crippen molar-refractivity contribution in [2.45, 2.75) is 51.8 Å². The number of amides is 2. The van der Waals surface area contributed by atoms with Crippen molar-refractivity contribution in [3.63, 3.8) is 0 Å². The Labute approximate surface area is 214 Å². The number of carbonyl (C=O) groups is 3. The van der Waals surface area contributed by atoms with E-state index in [1.807, 2.05) is 18.2 Å². The van der Waals surface area contributed by atoms with E-state index in [9.17, 15) is 24.3 Å². The normalized spacial score (nSPS) is 12.0. The molecule has 1 atom stereocenters. The maximum atomic E-state index is 12.9. The number of aromatic nitrogens is 1. The highest BCUT2D eigenvalue weighted by molar-refractivity contribution is 9.11. The molecule has 0 unspecified atom stereocenters. The second-order valence-corrected chi connectivity index (χ2v) is 10.4. The van der Waals surface area contributed by atoms with Gasteiger partial charge in [0.1, 0.15) is 17.2 Å². The van der Waals surface area contributed by atoms with E-state index in [1.54, 1.807) is 33.0 Å². The summed E-state index contributed by atoms with van der Waals surface area (Å²) in [4.78, 5) is 48.8. The minimum Gasteiger partial charge on any atom is -0.480 e. The van der Waals surface area contributed by atoms with E-state index in [-0.39, 0.29) is 31.5 Å². The zero-order chi connectivity index (χ0) is 25.5. The maximum absolute atomic E-state index is 12.9. The molecule has 0 aliphatic rings. The van der Waals surface area contributed by atoms with Gasteiger partial charge in [0.15, 0.2) is 0 Å². The monoisotopic (exact) mass is 599 g/mol. The van der Waals surface area contributed by atoms with E-state index in [0.29, 0.717) is 0 Å². The maximum Gasteiger partial charge on any atom is 0.407 e. The average molecular weight is 601 g/mol. The predicted octanol–water partition coefficient (Wildman–Crippen LogP) is 3.91. The lowest BCUT2D eigenvalue weighted by atomic mass is 10.1. The third kappa shape index (κ3) is 8.94. The van der Waals surface area contributed by atoms with Crippen LogP contribution < -0.4 is 16.2 Å². The minimum atomic E-state index is -1.24. The molecule has 2 aromatic rings. The Morgan fingerprint density at radius 2 is 1.79 bits per heavy atom. The Hall–Kier alpha value is -2.66. The van der Waals surface area contributed by atoms with Crippen molar-refractivity contribution in [1.82, 2.24) is 15.2 Å². The SMILES string of the molecule is CC(C)(C)OC(=O)NCCC[C@H](NC(=O)c1cccn(Cc2cc(Br)cc(Br)c2)c1=O)C(=O)O. The van der Waals surface area contributed by atoms with Gasteiger partial charge in [-0.25, -0.2) is 9.59 Å². The van der Waals surface area contributed by atoms with Crippen LogP contribution in [0.5, 0.6) is 0 Å². The average Bonchev–Trinajstić information content (AvgIpc) is 2.69. The van der Waals surface area contributed by atoms with E-state index in [1.165, 1.54) is 10.6 Å². The van der Waals surface area contributed by atoms with Crippen molar-refractivity contribution in [3.05, 3.63) is 67.0 Å². The molecule has 0 radical (unpaired) electrons. The summed E-state index contributed by atoms with van der Waals surface area (Å²) >= 11 is 6.80. The van der Waals surface area contributed by atoms with Crippen LogP contribution in [0.3, 0.4) is 0 Å². The summed E-state index contributed by atoms with van der Waals surface area (Å²) in [5, 5.41) is 14.4. The standard InChI is InChI=1S/C23H27Br2N3O6/c1-23(2,3)34-22(33)26-8-4-7-18(21(31)32)27-19(29)17-6-5-9-28(20(17)30)13-14-10-15(24)12-16(25)11-14/h5-6,9-12,18H,4,7-8,13H2,1-3H3,(H,26,33)(H,27,29)(H,31,32)/t18-/m0/s1. The fourth-order valence-electron chi connectivity index (χ4n) is 3.04. The summed E-state index contributed by atoms with van der Waals surface area (Å²) in [5.41, 5.74) is -0.499. The quantitative estimate of drug-likeness (QED) is 0.375. The Bertz CT molecular complexity index is 1090. The van der Waals surface area contributed by atoms with Gasteiger partial charge in [0.05, 0.1) is 6.54 Å². The zero-order valence-electron chi connectivity index (χ0n) is 19.1. The van der Waals surface area contributed by atoms with Gasteiger partial charge in [0, 0.05) is 21.7 Å². The molecule has 0 saturated heterocycles. The van der Waals surface area contributed by atoms with Crippen LogP contribution in [0, 0.1) is 0 Å². The molecule has 0 aliphatic heterocycles. The molecule has 0 aliphatic carbocycles. The van der Waals surface area contributed by atoms with Crippen LogP contribution in [-0.2, 0) is 16.1 Å². The van der Waals surface area contributed by atoms with Gasteiger partial charge in [-0.2, -0.15) is 0 Å². The van der Waals surface area contributed by atoms with E-state index in [0.717, 1.165) is 14.5 Å². The summed E-state index contributed by atoms with van der Waals surface area (Å²) in [6.07, 6.45) is 1.30. The molecular weight excluding hydrogens is 574 g/mol. The number of benzene rings is 1. The molecule has 1 aromatic carbocycles. The predicted molar refractivity (Wildman–Crippen MR) is 134 cm³/mol. The van der Waals surface area contributed by atoms with Gasteiger partial charge >= 0.3 is 12.1 Å². The van der Waals surface area contributed by atoms with E-state index in [2.05, 4.69) is 42.5 Å². The summed E-state index contributed by atoms with van der Waals surface area (Å²) in [7, 11) is 0. The largest absolute Gasteiger partial charge is 0.480 e. The van der Waals surface area contributed by atoms with Crippen molar-refractivity contribution in [2.75, 3.05) is 6.54 Å². The van der Waals surface area contributed by atoms with Crippen LogP contribution in [0.25, 0.3) is 0 Å². The number of carboxylic acids is 1. The van der Waals surface area contributed by atoms with E-state index >= 15 is 0 Å². The molecule has 0 saturated carbocycles. The fraction of sp³-hybridized carbons (Fsp3) is 0.391. The first-order chi connectivity index (χ1) is 15.9. The lowest BCUT2D eigenvalue weighted by Gasteiger charge is -2.20. The number of carbonyl (C=O) groups excluding carboxylic acids is 2. The highest BCUT2D eigenvalue weighted by atomic mass is 79.9. The number of pyridine rings is 1. The number of aliphatic carboxylic acids is 1. The van der Waals surface area contributed by atoms with Gasteiger partial charge in [-0.05, 0) is 69.5 Å². The Kier molecular flexibility index (Phi) is 9.87. The van der Waals surface area contributed by atoms with Crippen LogP contribution in [0.1, 0.15) is 49.5 Å². The van der Waals surface area contributed by atoms with Gasteiger partial charge in [-0.15, -0.1) is 0 Å². The lowest BCUT2D eigenvalue weighted by Crippen LogP contribution is -2.43. The molecule has 2 rings (SSSR count). The van der Waals surface area contributed by atoms with Crippen LogP contribution >= 0.6 is 31.9 Å². The van der Waals surface area contributed by atoms with E-state index < -0.39 is 35.2 Å². The number of alkyl carbamates (subject to hydrolysis) is 1. The third-order valence-corrected chi connectivity index (χ3v) is 5.40. The number of ether oxygens (including phenoxy) is 1. The Morgan fingerprint density at radius 1 is 1.15 bits per heavy atom. The molecule has 1 aromatic heterocycles. The summed E-state index contributed by atoms with van der Waals surface area (Å²) in [6, 6.07) is 7.27. The molecule has 3 N–H and O–H groups in total. The zero-order valence-corrected chi connectivity index (χ0v) is 22.2. The molecule has 0 bridgehead atoms. The molecule has 0 spiro atoms. The van der Waals surface area contributed by atoms with Gasteiger partial charge in [-0.1, -0.05) is 31.9 Å². The first-order valence-electron chi connectivity index (χ1n) is 10.5. The molecule has 2 amide bonds. The molecule has 184 valence electrons. The molecule has 11 heteroatoms. The van der Waals surface area contributed by atoms with Gasteiger partial charge in [-0.3, -0.25) is 9.59 Å². The molecule has 1 heterocycles. The van der Waals surface area contributed by atoms with Gasteiger partial charge in [0.25, 0.3) is 11.5 Å². The molecule has 34 heavy (non-hydrogen) atoms. The lowest BCUT2D eigenvalue weighted by molar-refractivity contribution is -0.139. The third-order valence-electron chi connectivity index (χ3n) is 4.48. The van der Waals surface area contributed by atoms with Crippen LogP contribution in [0.15, 0.2) is 50.3 Å². The Balaban J connectivity index is 2.02. The topological polar surface area (TPSA) is 127 Å². The molecular formula is C23H27Br2N3O6. The van der Waals surface area contributed by atoms with Crippen molar-refractivity contribution in [3.8, 4) is 0 Å². The summed E-state index contributed by atoms with van der Waals surface area (Å²) in [5.74, 6) is -2.01. The van der Waals surface area contributed by atoms with Crippen LogP contribution in [0.2, 0.25) is 0 Å². The smallest absolute Gasteiger partial charge is 0.407 e. The minimum absolute atomic E-state index is 0.0595. The second-order valence-electron chi connectivity index (χ2n) is 8.57. The number of halogens is 2. The number of nitrogens with one attached hydrogen (secondary N) is 2. The first kappa shape index (κ1) is 27.6. The highest BCUT2D eigenvalue weighted by Gasteiger charge is 2.23. The van der Waals surface area contributed by atoms with Crippen molar-refractivity contribution in [2.24, 2.45) is 0 Å². The first-order valence-corrected chi connectivity index (χ1v) is 12.1. The van der Waals surface area contributed by atoms with Crippen molar-refractivity contribution < 1.29 is 24.2 Å². The highest BCUT2D eigenvalue weighted by Crippen LogP contribution is 2.20. The van der Waals surface area contributed by atoms with Crippen LogP contribution in [0.4, 0.5) is 4.79 Å². The van der Waals surface area contributed by atoms with Crippen molar-refractivity contribution >= 4 is 49.8 Å². The van der Waals surface area contributed by atoms with Crippen LogP contribution in [-0.4, -0.2) is 45.8 Å². The van der Waals surface area contributed by atoms with Gasteiger partial charge in [0.2, 0.25) is 0 Å². The number of carboxylic acid groups (broad SMARTS) is 1. The molecule has 9 nitrogen and oxygen atoms in total. The Morgan fingerprint density at radius 3 is 2.38 bits per heavy atom. The van der Waals surface area contributed by atoms with Crippen molar-refractivity contribution in [1.29, 1.82) is 0 Å². The van der Waals surface area contributed by atoms with E-state index in [4.69, 9.17) is 4.74 Å². The fourth-order valence-corrected chi connectivity index (χ4v) is 4.43. The molecule has 0 fully saturated rings. The number of nitrogens with zero attached hydrogens (tertiary/aromatic N) is 1. The summed E-state index contributed by atoms with van der Waals surface area (Å²) in [6.45, 7) is 5.61. The number of hydrogen-bond donors (Lipinski definition) is 3. The summed E-state index contributed by atoms with van der Waals surface area (Å²) < 4.78 is 8.17. The second kappa shape index (κ2) is 12.2. The number of hydrogen-bond acceptors (Lipinski definition) is 5.